The maximum absolute atomic E-state index is 12.8. The summed E-state index contributed by atoms with van der Waals surface area (Å²) in [5.41, 5.74) is 1.88. The molecule has 1 aliphatic heterocycles. The second kappa shape index (κ2) is 7.43. The van der Waals surface area contributed by atoms with Crippen LogP contribution in [0.3, 0.4) is 0 Å². The number of rotatable bonds is 3. The van der Waals surface area contributed by atoms with Gasteiger partial charge in [-0.15, -0.1) is 0 Å². The highest BCUT2D eigenvalue weighted by molar-refractivity contribution is 7.86. The fourth-order valence-electron chi connectivity index (χ4n) is 2.85. The molecule has 1 fully saturated rings. The lowest BCUT2D eigenvalue weighted by atomic mass is 9.86. The van der Waals surface area contributed by atoms with Crippen LogP contribution in [0.2, 0.25) is 0 Å². The van der Waals surface area contributed by atoms with E-state index in [1.54, 1.807) is 4.90 Å². The average Bonchev–Trinajstić information content (AvgIpc) is 2.79. The molecule has 0 unspecified atom stereocenters. The number of nitrogens with zero attached hydrogens (tertiary/aromatic N) is 3. The molecule has 6 nitrogen and oxygen atoms in total. The van der Waals surface area contributed by atoms with Gasteiger partial charge in [0.1, 0.15) is 0 Å². The SMILES string of the molecule is CN(C)S(=O)(=O)N1CCCN(C(=O)c2ccc(C(C)(C)C)cc2)CC1. The first-order valence-corrected chi connectivity index (χ1v) is 10.0. The molecule has 1 saturated heterocycles. The predicted octanol–water partition coefficient (Wildman–Crippen LogP) is 1.94. The molecule has 0 bridgehead atoms. The van der Waals surface area contributed by atoms with E-state index >= 15 is 0 Å². The number of carbonyl (C=O) groups excluding carboxylic acids is 1. The molecule has 1 aromatic rings. The van der Waals surface area contributed by atoms with Crippen molar-refractivity contribution in [2.45, 2.75) is 32.6 Å². The summed E-state index contributed by atoms with van der Waals surface area (Å²) in [6.07, 6.45) is 0.638. The van der Waals surface area contributed by atoms with E-state index in [0.717, 1.165) is 0 Å². The van der Waals surface area contributed by atoms with Crippen LogP contribution in [0, 0.1) is 0 Å². The molecule has 0 spiro atoms. The molecule has 1 aliphatic rings. The van der Waals surface area contributed by atoms with Gasteiger partial charge in [0.05, 0.1) is 0 Å². The maximum Gasteiger partial charge on any atom is 0.281 e. The van der Waals surface area contributed by atoms with E-state index < -0.39 is 10.2 Å². The van der Waals surface area contributed by atoms with Crippen molar-refractivity contribution in [2.24, 2.45) is 0 Å². The summed E-state index contributed by atoms with van der Waals surface area (Å²) in [5.74, 6) is -0.0374. The monoisotopic (exact) mass is 367 g/mol. The number of benzene rings is 1. The molecule has 0 saturated carbocycles. The van der Waals surface area contributed by atoms with Crippen molar-refractivity contribution in [1.82, 2.24) is 13.5 Å². The van der Waals surface area contributed by atoms with Crippen molar-refractivity contribution < 1.29 is 13.2 Å². The van der Waals surface area contributed by atoms with Gasteiger partial charge in [-0.25, -0.2) is 0 Å². The minimum absolute atomic E-state index is 0.0374. The van der Waals surface area contributed by atoms with Crippen molar-refractivity contribution in [3.63, 3.8) is 0 Å². The first-order chi connectivity index (χ1) is 11.5. The zero-order valence-electron chi connectivity index (χ0n) is 15.8. The Balaban J connectivity index is 2.08. The van der Waals surface area contributed by atoms with E-state index in [0.29, 0.717) is 38.2 Å². The second-order valence-electron chi connectivity index (χ2n) is 7.66. The third kappa shape index (κ3) is 4.59. The Labute approximate surface area is 151 Å². The van der Waals surface area contributed by atoms with E-state index in [4.69, 9.17) is 0 Å². The first kappa shape index (κ1) is 19.9. The van der Waals surface area contributed by atoms with Crippen molar-refractivity contribution >= 4 is 16.1 Å². The Morgan fingerprint density at radius 3 is 2.12 bits per heavy atom. The standard InChI is InChI=1S/C18H29N3O3S/c1-18(2,3)16-9-7-15(8-10-16)17(22)20-11-6-12-21(14-13-20)25(23,24)19(4)5/h7-10H,6,11-14H2,1-5H3. The summed E-state index contributed by atoms with van der Waals surface area (Å²) in [6, 6.07) is 7.71. The minimum atomic E-state index is -3.43. The summed E-state index contributed by atoms with van der Waals surface area (Å²) in [7, 11) is -0.375. The average molecular weight is 368 g/mol. The minimum Gasteiger partial charge on any atom is -0.337 e. The Bertz CT molecular complexity index is 706. The quantitative estimate of drug-likeness (QED) is 0.820. The van der Waals surface area contributed by atoms with Crippen LogP contribution in [0.4, 0.5) is 0 Å². The summed E-state index contributed by atoms with van der Waals surface area (Å²) < 4.78 is 27.2. The Morgan fingerprint density at radius 1 is 1.00 bits per heavy atom. The van der Waals surface area contributed by atoms with Crippen molar-refractivity contribution in [3.05, 3.63) is 35.4 Å². The van der Waals surface area contributed by atoms with Crippen molar-refractivity contribution in [2.75, 3.05) is 40.3 Å². The maximum atomic E-state index is 12.8. The van der Waals surface area contributed by atoms with Gasteiger partial charge in [0, 0.05) is 45.8 Å². The zero-order chi connectivity index (χ0) is 18.8. The van der Waals surface area contributed by atoms with E-state index in [2.05, 4.69) is 20.8 Å². The predicted molar refractivity (Wildman–Crippen MR) is 99.8 cm³/mol. The van der Waals surface area contributed by atoms with Crippen LogP contribution in [0.1, 0.15) is 43.1 Å². The molecular weight excluding hydrogens is 338 g/mol. The van der Waals surface area contributed by atoms with Gasteiger partial charge in [-0.2, -0.15) is 17.0 Å². The number of amides is 1. The lowest BCUT2D eigenvalue weighted by Crippen LogP contribution is -2.42. The fourth-order valence-corrected chi connectivity index (χ4v) is 3.99. The van der Waals surface area contributed by atoms with Gasteiger partial charge in [0.25, 0.3) is 16.1 Å². The van der Waals surface area contributed by atoms with Gasteiger partial charge in [-0.1, -0.05) is 32.9 Å². The van der Waals surface area contributed by atoms with Crippen LogP contribution in [0.5, 0.6) is 0 Å². The molecule has 0 N–H and O–H groups in total. The number of hydrogen-bond acceptors (Lipinski definition) is 3. The normalized spacial score (nSPS) is 17.6. The largest absolute Gasteiger partial charge is 0.337 e. The van der Waals surface area contributed by atoms with Crippen LogP contribution in [0.25, 0.3) is 0 Å². The molecule has 1 heterocycles. The summed E-state index contributed by atoms with van der Waals surface area (Å²) in [5, 5.41) is 0. The van der Waals surface area contributed by atoms with Gasteiger partial charge in [-0.05, 0) is 29.5 Å². The molecule has 2 rings (SSSR count). The summed E-state index contributed by atoms with van der Waals surface area (Å²) >= 11 is 0. The van der Waals surface area contributed by atoms with Gasteiger partial charge in [0.2, 0.25) is 0 Å². The van der Waals surface area contributed by atoms with E-state index in [1.807, 2.05) is 24.3 Å². The Hall–Kier alpha value is -1.44. The van der Waals surface area contributed by atoms with Crippen LogP contribution in [-0.2, 0) is 15.6 Å². The van der Waals surface area contributed by atoms with Crippen LogP contribution in [0.15, 0.2) is 24.3 Å². The molecule has 1 aromatic carbocycles. The van der Waals surface area contributed by atoms with Gasteiger partial charge >= 0.3 is 0 Å². The van der Waals surface area contributed by atoms with Gasteiger partial charge < -0.3 is 4.90 Å². The summed E-state index contributed by atoms with van der Waals surface area (Å²) in [6.45, 7) is 8.15. The van der Waals surface area contributed by atoms with Crippen LogP contribution in [-0.4, -0.2) is 68.1 Å². The number of carbonyl (C=O) groups is 1. The number of hydrogen-bond donors (Lipinski definition) is 0. The molecule has 0 aromatic heterocycles. The van der Waals surface area contributed by atoms with E-state index in [1.165, 1.54) is 28.3 Å². The highest BCUT2D eigenvalue weighted by atomic mass is 32.2. The third-order valence-corrected chi connectivity index (χ3v) is 6.47. The Kier molecular flexibility index (Phi) is 5.91. The topological polar surface area (TPSA) is 60.9 Å². The second-order valence-corrected chi connectivity index (χ2v) is 9.80. The molecule has 25 heavy (non-hydrogen) atoms. The van der Waals surface area contributed by atoms with E-state index in [-0.39, 0.29) is 11.3 Å². The fraction of sp³-hybridized carbons (Fsp3) is 0.611. The van der Waals surface area contributed by atoms with Gasteiger partial charge in [0.15, 0.2) is 0 Å². The van der Waals surface area contributed by atoms with E-state index in [9.17, 15) is 13.2 Å². The van der Waals surface area contributed by atoms with Gasteiger partial charge in [-0.3, -0.25) is 4.79 Å². The lowest BCUT2D eigenvalue weighted by molar-refractivity contribution is 0.0764. The molecule has 140 valence electrons. The molecule has 0 radical (unpaired) electrons. The zero-order valence-corrected chi connectivity index (χ0v) is 16.6. The van der Waals surface area contributed by atoms with Crippen LogP contribution < -0.4 is 0 Å². The van der Waals surface area contributed by atoms with Crippen LogP contribution >= 0.6 is 0 Å². The highest BCUT2D eigenvalue weighted by Gasteiger charge is 2.28. The van der Waals surface area contributed by atoms with Crippen molar-refractivity contribution in [1.29, 1.82) is 0 Å². The summed E-state index contributed by atoms with van der Waals surface area (Å²) in [4.78, 5) is 14.5. The Morgan fingerprint density at radius 2 is 1.60 bits per heavy atom. The molecular formula is C18H29N3O3S. The smallest absolute Gasteiger partial charge is 0.281 e. The lowest BCUT2D eigenvalue weighted by Gasteiger charge is -2.24. The third-order valence-electron chi connectivity index (χ3n) is 4.53. The highest BCUT2D eigenvalue weighted by Crippen LogP contribution is 2.22. The molecule has 0 aliphatic carbocycles. The molecule has 1 amide bonds. The van der Waals surface area contributed by atoms with Crippen molar-refractivity contribution in [3.8, 4) is 0 Å². The molecule has 7 heteroatoms. The molecule has 0 atom stereocenters. The first-order valence-electron chi connectivity index (χ1n) is 8.61.